The van der Waals surface area contributed by atoms with Crippen LogP contribution in [0.5, 0.6) is 0 Å². The van der Waals surface area contributed by atoms with Gasteiger partial charge in [0.05, 0.1) is 12.6 Å². The molecular weight excluding hydrogens is 228 g/mol. The molecule has 1 aromatic carbocycles. The van der Waals surface area contributed by atoms with Gasteiger partial charge in [-0.25, -0.2) is 0 Å². The van der Waals surface area contributed by atoms with Crippen molar-refractivity contribution in [3.63, 3.8) is 0 Å². The van der Waals surface area contributed by atoms with Crippen molar-refractivity contribution in [1.29, 1.82) is 0 Å². The van der Waals surface area contributed by atoms with Crippen LogP contribution in [0.3, 0.4) is 0 Å². The van der Waals surface area contributed by atoms with E-state index in [0.717, 1.165) is 24.1 Å². The molecule has 1 unspecified atom stereocenters. The van der Waals surface area contributed by atoms with E-state index in [1.807, 2.05) is 0 Å². The first kappa shape index (κ1) is 13.1. The van der Waals surface area contributed by atoms with E-state index in [9.17, 15) is 4.79 Å². The third-order valence-electron chi connectivity index (χ3n) is 3.35. The molecule has 0 aliphatic carbocycles. The Kier molecular flexibility index (Phi) is 3.99. The fourth-order valence-corrected chi connectivity index (χ4v) is 2.36. The van der Waals surface area contributed by atoms with Crippen molar-refractivity contribution in [1.82, 2.24) is 0 Å². The highest BCUT2D eigenvalue weighted by molar-refractivity contribution is 5.95. The first-order valence-corrected chi connectivity index (χ1v) is 6.35. The van der Waals surface area contributed by atoms with Crippen LogP contribution in [0, 0.1) is 0 Å². The number of anilines is 1. The van der Waals surface area contributed by atoms with E-state index in [1.54, 1.807) is 7.11 Å². The molecule has 1 atom stereocenters. The summed E-state index contributed by atoms with van der Waals surface area (Å²) in [4.78, 5) is 11.5. The summed E-state index contributed by atoms with van der Waals surface area (Å²) in [7, 11) is 1.63. The minimum atomic E-state index is -0.200. The van der Waals surface area contributed by atoms with E-state index in [-0.39, 0.29) is 11.9 Å². The minimum Gasteiger partial charge on any atom is -0.383 e. The van der Waals surface area contributed by atoms with E-state index in [4.69, 9.17) is 10.5 Å². The van der Waals surface area contributed by atoms with E-state index in [2.05, 4.69) is 24.4 Å². The van der Waals surface area contributed by atoms with Crippen LogP contribution in [0.1, 0.15) is 36.1 Å². The number of nitrogens with two attached hydrogens (primary N) is 1. The number of hydrogen-bond donors (Lipinski definition) is 2. The number of methoxy groups -OCH3 is 1. The van der Waals surface area contributed by atoms with Gasteiger partial charge in [-0.15, -0.1) is 0 Å². The molecule has 1 amide bonds. The first-order chi connectivity index (χ1) is 8.65. The quantitative estimate of drug-likeness (QED) is 0.853. The predicted molar refractivity (Wildman–Crippen MR) is 71.6 cm³/mol. The van der Waals surface area contributed by atoms with Gasteiger partial charge < -0.3 is 15.8 Å². The van der Waals surface area contributed by atoms with Gasteiger partial charge in [-0.05, 0) is 29.5 Å². The first-order valence-electron chi connectivity index (χ1n) is 6.35. The second kappa shape index (κ2) is 5.50. The number of aryl methyl sites for hydroxylation is 2. The number of ether oxygens (including phenoxy) is 1. The zero-order chi connectivity index (χ0) is 13.1. The van der Waals surface area contributed by atoms with E-state index in [1.165, 1.54) is 11.1 Å². The summed E-state index contributed by atoms with van der Waals surface area (Å²) in [6.07, 6.45) is 2.31. The van der Waals surface area contributed by atoms with E-state index < -0.39 is 0 Å². The molecule has 0 spiro atoms. The van der Waals surface area contributed by atoms with Gasteiger partial charge in [0.15, 0.2) is 0 Å². The van der Waals surface area contributed by atoms with Gasteiger partial charge >= 0.3 is 0 Å². The smallest absolute Gasteiger partial charge is 0.224 e. The molecule has 1 heterocycles. The highest BCUT2D eigenvalue weighted by Crippen LogP contribution is 2.31. The molecule has 0 aromatic heterocycles. The lowest BCUT2D eigenvalue weighted by atomic mass is 9.92. The van der Waals surface area contributed by atoms with Crippen molar-refractivity contribution in [2.75, 3.05) is 19.0 Å². The number of fused-ring (bicyclic) bond motifs is 1. The van der Waals surface area contributed by atoms with Crippen LogP contribution in [0.4, 0.5) is 5.69 Å². The number of hydrogen-bond acceptors (Lipinski definition) is 3. The molecule has 3 N–H and O–H groups in total. The standard InChI is InChI=1S/C14H20N2O2/c1-3-9-6-10-4-5-13(17)16-14(10)11(7-9)12(15)8-18-2/h6-7,12H,3-5,8,15H2,1-2H3,(H,16,17). The topological polar surface area (TPSA) is 64.3 Å². The van der Waals surface area contributed by atoms with Crippen LogP contribution in [-0.2, 0) is 22.4 Å². The lowest BCUT2D eigenvalue weighted by Crippen LogP contribution is -2.25. The zero-order valence-corrected chi connectivity index (χ0v) is 11.0. The molecule has 4 nitrogen and oxygen atoms in total. The number of amides is 1. The third-order valence-corrected chi connectivity index (χ3v) is 3.35. The summed E-state index contributed by atoms with van der Waals surface area (Å²) < 4.78 is 5.11. The zero-order valence-electron chi connectivity index (χ0n) is 11.0. The second-order valence-electron chi connectivity index (χ2n) is 4.68. The van der Waals surface area contributed by atoms with Crippen molar-refractivity contribution in [2.24, 2.45) is 5.73 Å². The average Bonchev–Trinajstić information content (AvgIpc) is 2.37. The summed E-state index contributed by atoms with van der Waals surface area (Å²) >= 11 is 0. The van der Waals surface area contributed by atoms with Crippen molar-refractivity contribution < 1.29 is 9.53 Å². The summed E-state index contributed by atoms with van der Waals surface area (Å²) in [6, 6.07) is 4.04. The Morgan fingerprint density at radius 2 is 2.22 bits per heavy atom. The summed E-state index contributed by atoms with van der Waals surface area (Å²) in [6.45, 7) is 2.57. The van der Waals surface area contributed by atoms with Crippen LogP contribution in [0.25, 0.3) is 0 Å². The average molecular weight is 248 g/mol. The van der Waals surface area contributed by atoms with Gasteiger partial charge in [-0.3, -0.25) is 4.79 Å². The highest BCUT2D eigenvalue weighted by Gasteiger charge is 2.21. The Bertz CT molecular complexity index is 457. The van der Waals surface area contributed by atoms with Crippen LogP contribution in [0.15, 0.2) is 12.1 Å². The maximum atomic E-state index is 11.5. The Morgan fingerprint density at radius 1 is 1.44 bits per heavy atom. The normalized spacial score (nSPS) is 16.1. The van der Waals surface area contributed by atoms with Gasteiger partial charge in [0.2, 0.25) is 5.91 Å². The van der Waals surface area contributed by atoms with Crippen LogP contribution in [-0.4, -0.2) is 19.6 Å². The van der Waals surface area contributed by atoms with Crippen molar-refractivity contribution >= 4 is 11.6 Å². The maximum absolute atomic E-state index is 11.5. The van der Waals surface area contributed by atoms with Crippen molar-refractivity contribution in [2.45, 2.75) is 32.2 Å². The minimum absolute atomic E-state index is 0.0672. The molecule has 0 radical (unpaired) electrons. The van der Waals surface area contributed by atoms with Crippen LogP contribution < -0.4 is 11.1 Å². The second-order valence-corrected chi connectivity index (χ2v) is 4.68. The van der Waals surface area contributed by atoms with Gasteiger partial charge in [-0.2, -0.15) is 0 Å². The van der Waals surface area contributed by atoms with Crippen LogP contribution in [0.2, 0.25) is 0 Å². The molecule has 4 heteroatoms. The Hall–Kier alpha value is -1.39. The predicted octanol–water partition coefficient (Wildman–Crippen LogP) is 1.78. The highest BCUT2D eigenvalue weighted by atomic mass is 16.5. The molecular formula is C14H20N2O2. The molecule has 0 fully saturated rings. The largest absolute Gasteiger partial charge is 0.383 e. The number of carbonyl (C=O) groups excluding carboxylic acids is 1. The summed E-state index contributed by atoms with van der Waals surface area (Å²) in [5.74, 6) is 0.0672. The van der Waals surface area contributed by atoms with Gasteiger partial charge in [0.1, 0.15) is 0 Å². The maximum Gasteiger partial charge on any atom is 0.224 e. The lowest BCUT2D eigenvalue weighted by molar-refractivity contribution is -0.116. The molecule has 1 aliphatic heterocycles. The number of carbonyl (C=O) groups is 1. The Labute approximate surface area is 108 Å². The van der Waals surface area contributed by atoms with Gasteiger partial charge in [0.25, 0.3) is 0 Å². The SMILES string of the molecule is CCc1cc2c(c(C(N)COC)c1)NC(=O)CC2. The fraction of sp³-hybridized carbons (Fsp3) is 0.500. The monoisotopic (exact) mass is 248 g/mol. The van der Waals surface area contributed by atoms with Gasteiger partial charge in [-0.1, -0.05) is 19.1 Å². The summed E-state index contributed by atoms with van der Waals surface area (Å²) in [5.41, 5.74) is 10.5. The molecule has 1 aromatic rings. The lowest BCUT2D eigenvalue weighted by Gasteiger charge is -2.24. The van der Waals surface area contributed by atoms with E-state index in [0.29, 0.717) is 13.0 Å². The Morgan fingerprint density at radius 3 is 2.89 bits per heavy atom. The van der Waals surface area contributed by atoms with Crippen molar-refractivity contribution in [3.05, 3.63) is 28.8 Å². The molecule has 0 bridgehead atoms. The fourth-order valence-electron chi connectivity index (χ4n) is 2.36. The Balaban J connectivity index is 2.44. The molecule has 0 saturated heterocycles. The number of rotatable bonds is 4. The number of nitrogens with one attached hydrogen (secondary N) is 1. The van der Waals surface area contributed by atoms with E-state index >= 15 is 0 Å². The molecule has 98 valence electrons. The summed E-state index contributed by atoms with van der Waals surface area (Å²) in [5, 5.41) is 2.94. The molecule has 1 aliphatic rings. The van der Waals surface area contributed by atoms with Crippen LogP contribution >= 0.6 is 0 Å². The van der Waals surface area contributed by atoms with Gasteiger partial charge in [0, 0.05) is 19.2 Å². The molecule has 18 heavy (non-hydrogen) atoms. The third kappa shape index (κ3) is 2.54. The molecule has 2 rings (SSSR count). The van der Waals surface area contributed by atoms with Crippen molar-refractivity contribution in [3.8, 4) is 0 Å². The molecule has 0 saturated carbocycles. The number of benzene rings is 1.